The summed E-state index contributed by atoms with van der Waals surface area (Å²) in [6.07, 6.45) is 0. The lowest BCUT2D eigenvalue weighted by molar-refractivity contribution is 0.199. The van der Waals surface area contributed by atoms with Crippen LogP contribution in [0, 0.1) is 12.7 Å². The van der Waals surface area contributed by atoms with Crippen molar-refractivity contribution in [1.82, 2.24) is 9.62 Å². The van der Waals surface area contributed by atoms with E-state index in [2.05, 4.69) is 4.72 Å². The molecule has 0 saturated heterocycles. The van der Waals surface area contributed by atoms with E-state index < -0.39 is 20.7 Å². The van der Waals surface area contributed by atoms with E-state index >= 15 is 0 Å². The van der Waals surface area contributed by atoms with Crippen LogP contribution in [0.25, 0.3) is 0 Å². The first-order valence-corrected chi connectivity index (χ1v) is 7.68. The van der Waals surface area contributed by atoms with Gasteiger partial charge in [0.15, 0.2) is 0 Å². The van der Waals surface area contributed by atoms with Crippen molar-refractivity contribution in [2.75, 3.05) is 26.4 Å². The molecule has 1 aromatic rings. The summed E-state index contributed by atoms with van der Waals surface area (Å²) < 4.78 is 40.6. The third kappa shape index (κ3) is 3.68. The van der Waals surface area contributed by atoms with Crippen molar-refractivity contribution in [2.45, 2.75) is 31.2 Å². The number of aryl methyl sites for hydroxylation is 1. The fourth-order valence-electron chi connectivity index (χ4n) is 1.38. The molecule has 0 amide bonds. The highest BCUT2D eigenvalue weighted by atomic mass is 32.2. The van der Waals surface area contributed by atoms with Gasteiger partial charge in [-0.05, 0) is 52.6 Å². The molecule has 0 unspecified atom stereocenters. The molecule has 0 atom stereocenters. The summed E-state index contributed by atoms with van der Waals surface area (Å²) in [7, 11) is -0.237. The summed E-state index contributed by atoms with van der Waals surface area (Å²) in [5, 5.41) is 0. The number of likely N-dealkylation sites (N-methyl/N-ethyl adjacent to an activating group) is 1. The summed E-state index contributed by atoms with van der Waals surface area (Å²) in [5.41, 5.74) is 6.02. The summed E-state index contributed by atoms with van der Waals surface area (Å²) >= 11 is 0. The van der Waals surface area contributed by atoms with Crippen molar-refractivity contribution in [3.05, 3.63) is 23.5 Å². The molecule has 1 aromatic carbocycles. The molecule has 1 rings (SSSR count). The Morgan fingerprint density at radius 1 is 1.35 bits per heavy atom. The maximum atomic E-state index is 13.8. The lowest BCUT2D eigenvalue weighted by Gasteiger charge is -2.32. The fourth-order valence-corrected chi connectivity index (χ4v) is 2.68. The summed E-state index contributed by atoms with van der Waals surface area (Å²) in [4.78, 5) is 1.46. The smallest absolute Gasteiger partial charge is 0.243 e. The van der Waals surface area contributed by atoms with Gasteiger partial charge in [-0.3, -0.25) is 0 Å². The number of sulfonamides is 1. The second kappa shape index (κ2) is 5.67. The molecule has 0 fully saturated rings. The van der Waals surface area contributed by atoms with E-state index in [1.807, 2.05) is 32.8 Å². The van der Waals surface area contributed by atoms with Crippen LogP contribution in [0.4, 0.5) is 10.1 Å². The Balaban J connectivity index is 3.04. The molecule has 0 spiro atoms. The first-order chi connectivity index (χ1) is 8.97. The first-order valence-electron chi connectivity index (χ1n) is 6.20. The minimum Gasteiger partial charge on any atom is -0.398 e. The van der Waals surface area contributed by atoms with Crippen molar-refractivity contribution >= 4 is 15.7 Å². The molecule has 0 aliphatic heterocycles. The Morgan fingerprint density at radius 2 is 1.90 bits per heavy atom. The van der Waals surface area contributed by atoms with Crippen molar-refractivity contribution in [2.24, 2.45) is 0 Å². The van der Waals surface area contributed by atoms with E-state index in [-0.39, 0.29) is 17.8 Å². The van der Waals surface area contributed by atoms with Crippen LogP contribution in [0.5, 0.6) is 0 Å². The molecule has 0 aliphatic carbocycles. The monoisotopic (exact) mass is 303 g/mol. The van der Waals surface area contributed by atoms with Crippen molar-refractivity contribution in [3.63, 3.8) is 0 Å². The number of hydrogen-bond donors (Lipinski definition) is 2. The zero-order valence-corrected chi connectivity index (χ0v) is 13.3. The number of nitrogens with one attached hydrogen (secondary N) is 1. The number of hydrogen-bond acceptors (Lipinski definition) is 4. The van der Waals surface area contributed by atoms with E-state index in [4.69, 9.17) is 5.73 Å². The number of rotatable bonds is 5. The van der Waals surface area contributed by atoms with Gasteiger partial charge in [-0.1, -0.05) is 0 Å². The van der Waals surface area contributed by atoms with Gasteiger partial charge in [-0.2, -0.15) is 0 Å². The molecule has 7 heteroatoms. The van der Waals surface area contributed by atoms with Crippen LogP contribution in [0.2, 0.25) is 0 Å². The Hall–Kier alpha value is -1.18. The van der Waals surface area contributed by atoms with Crippen LogP contribution in [-0.4, -0.2) is 39.5 Å². The van der Waals surface area contributed by atoms with Crippen molar-refractivity contribution in [3.8, 4) is 0 Å². The Kier molecular flexibility index (Phi) is 4.78. The summed E-state index contributed by atoms with van der Waals surface area (Å²) in [6.45, 7) is 5.55. The maximum Gasteiger partial charge on any atom is 0.243 e. The van der Waals surface area contributed by atoms with E-state index in [1.54, 1.807) is 6.92 Å². The second-order valence-corrected chi connectivity index (χ2v) is 7.41. The first kappa shape index (κ1) is 16.9. The Bertz CT molecular complexity index is 598. The zero-order valence-electron chi connectivity index (χ0n) is 12.5. The quantitative estimate of drug-likeness (QED) is 0.805. The van der Waals surface area contributed by atoms with Crippen LogP contribution >= 0.6 is 0 Å². The highest BCUT2D eigenvalue weighted by molar-refractivity contribution is 7.89. The molecule has 5 nitrogen and oxygen atoms in total. The SMILES string of the molecule is Cc1cc(F)c(S(=O)(=O)NCC(C)(C)N(C)C)cc1N. The largest absolute Gasteiger partial charge is 0.398 e. The molecule has 0 radical (unpaired) electrons. The average Bonchev–Trinajstić information content (AvgIpc) is 2.31. The van der Waals surface area contributed by atoms with Gasteiger partial charge in [0.05, 0.1) is 0 Å². The van der Waals surface area contributed by atoms with Gasteiger partial charge in [-0.25, -0.2) is 17.5 Å². The minimum absolute atomic E-state index is 0.162. The van der Waals surface area contributed by atoms with Crippen molar-refractivity contribution in [1.29, 1.82) is 0 Å². The summed E-state index contributed by atoms with van der Waals surface area (Å²) in [6, 6.07) is 2.27. The number of nitrogen functional groups attached to an aromatic ring is 1. The number of benzene rings is 1. The molecule has 0 heterocycles. The molecular formula is C13H22FN3O2S. The van der Waals surface area contributed by atoms with E-state index in [0.717, 1.165) is 12.1 Å². The van der Waals surface area contributed by atoms with Crippen LogP contribution in [0.1, 0.15) is 19.4 Å². The molecule has 0 aromatic heterocycles. The van der Waals surface area contributed by atoms with Gasteiger partial charge >= 0.3 is 0 Å². The normalized spacial score (nSPS) is 12.9. The number of halogens is 1. The number of anilines is 1. The molecule has 0 bridgehead atoms. The Morgan fingerprint density at radius 3 is 2.40 bits per heavy atom. The third-order valence-corrected chi connectivity index (χ3v) is 4.93. The topological polar surface area (TPSA) is 75.4 Å². The third-order valence-electron chi connectivity index (χ3n) is 3.52. The molecule has 0 aliphatic rings. The van der Waals surface area contributed by atoms with Crippen LogP contribution < -0.4 is 10.5 Å². The highest BCUT2D eigenvalue weighted by Gasteiger charge is 2.26. The van der Waals surface area contributed by atoms with E-state index in [1.165, 1.54) is 0 Å². The lowest BCUT2D eigenvalue weighted by atomic mass is 10.1. The fraction of sp³-hybridized carbons (Fsp3) is 0.538. The Labute approximate surface area is 120 Å². The second-order valence-electron chi connectivity index (χ2n) is 5.67. The van der Waals surface area contributed by atoms with E-state index in [0.29, 0.717) is 5.56 Å². The lowest BCUT2D eigenvalue weighted by Crippen LogP contribution is -2.48. The van der Waals surface area contributed by atoms with Crippen LogP contribution in [-0.2, 0) is 10.0 Å². The van der Waals surface area contributed by atoms with Gasteiger partial charge in [0.1, 0.15) is 10.7 Å². The van der Waals surface area contributed by atoms with Crippen LogP contribution in [0.15, 0.2) is 17.0 Å². The zero-order chi connectivity index (χ0) is 15.7. The minimum atomic E-state index is -3.93. The van der Waals surface area contributed by atoms with Gasteiger partial charge < -0.3 is 10.6 Å². The highest BCUT2D eigenvalue weighted by Crippen LogP contribution is 2.21. The molecule has 3 N–H and O–H groups in total. The number of nitrogens with zero attached hydrogens (tertiary/aromatic N) is 1. The maximum absolute atomic E-state index is 13.8. The molecule has 20 heavy (non-hydrogen) atoms. The number of nitrogens with two attached hydrogens (primary N) is 1. The van der Waals surface area contributed by atoms with Crippen LogP contribution in [0.3, 0.4) is 0 Å². The van der Waals surface area contributed by atoms with E-state index in [9.17, 15) is 12.8 Å². The van der Waals surface area contributed by atoms with Gasteiger partial charge in [-0.15, -0.1) is 0 Å². The summed E-state index contributed by atoms with van der Waals surface area (Å²) in [5.74, 6) is -0.799. The molecule has 0 saturated carbocycles. The molecular weight excluding hydrogens is 281 g/mol. The van der Waals surface area contributed by atoms with Crippen molar-refractivity contribution < 1.29 is 12.8 Å². The predicted octanol–water partition coefficient (Wildman–Crippen LogP) is 1.33. The van der Waals surface area contributed by atoms with Gasteiger partial charge in [0.2, 0.25) is 10.0 Å². The van der Waals surface area contributed by atoms with Gasteiger partial charge in [0, 0.05) is 17.8 Å². The average molecular weight is 303 g/mol. The van der Waals surface area contributed by atoms with Gasteiger partial charge in [0.25, 0.3) is 0 Å². The standard InChI is InChI=1S/C13H22FN3O2S/c1-9-6-10(14)12(7-11(9)15)20(18,19)16-8-13(2,3)17(4)5/h6-7,16H,8,15H2,1-5H3. The molecule has 114 valence electrons. The predicted molar refractivity (Wildman–Crippen MR) is 78.5 cm³/mol.